The maximum absolute atomic E-state index is 12.5. The number of rotatable bonds is 8. The largest absolute Gasteiger partial charge is 0.497 e. The highest BCUT2D eigenvalue weighted by atomic mass is 32.2. The fourth-order valence-corrected chi connectivity index (χ4v) is 4.91. The van der Waals surface area contributed by atoms with E-state index in [0.29, 0.717) is 17.9 Å². The number of carbonyl (C=O) groups excluding carboxylic acids is 1. The molecule has 7 nitrogen and oxygen atoms in total. The van der Waals surface area contributed by atoms with E-state index in [0.717, 1.165) is 16.8 Å². The van der Waals surface area contributed by atoms with Crippen molar-refractivity contribution in [1.29, 1.82) is 0 Å². The van der Waals surface area contributed by atoms with Crippen LogP contribution in [0.3, 0.4) is 0 Å². The number of thiazole rings is 1. The molecule has 0 aliphatic carbocycles. The topological polar surface area (TPSA) is 97.4 Å². The standard InChI is InChI=1S/C21H23N3O4S2/c1-14-10-15(2)12-17(11-14)22-20(25)9-4-16-13-29-21(23-16)24-30(26,27)19-7-5-18(28-3)6-8-19/h5-8,10-13H,4,9H2,1-3H3,(H,22,25)(H,23,24). The van der Waals surface area contributed by atoms with Crippen LogP contribution in [0.15, 0.2) is 52.7 Å². The molecule has 0 saturated heterocycles. The Morgan fingerprint density at radius 1 is 1.10 bits per heavy atom. The molecule has 0 saturated carbocycles. The van der Waals surface area contributed by atoms with Crippen LogP contribution in [0.1, 0.15) is 23.2 Å². The van der Waals surface area contributed by atoms with Crippen LogP contribution in [0.25, 0.3) is 0 Å². The SMILES string of the molecule is COc1ccc(S(=O)(=O)Nc2nc(CCC(=O)Nc3cc(C)cc(C)c3)cs2)cc1. The number of carbonyl (C=O) groups is 1. The van der Waals surface area contributed by atoms with E-state index in [9.17, 15) is 13.2 Å². The van der Waals surface area contributed by atoms with E-state index >= 15 is 0 Å². The molecule has 0 aliphatic heterocycles. The molecule has 1 amide bonds. The van der Waals surface area contributed by atoms with Gasteiger partial charge in [-0.1, -0.05) is 6.07 Å². The third-order valence-corrected chi connectivity index (χ3v) is 6.55. The van der Waals surface area contributed by atoms with E-state index in [-0.39, 0.29) is 22.4 Å². The monoisotopic (exact) mass is 445 g/mol. The first-order chi connectivity index (χ1) is 14.2. The number of hydrogen-bond acceptors (Lipinski definition) is 6. The van der Waals surface area contributed by atoms with Crippen LogP contribution >= 0.6 is 11.3 Å². The van der Waals surface area contributed by atoms with Crippen molar-refractivity contribution in [1.82, 2.24) is 4.98 Å². The normalized spacial score (nSPS) is 11.2. The second kappa shape index (κ2) is 9.27. The maximum atomic E-state index is 12.5. The van der Waals surface area contributed by atoms with Gasteiger partial charge in [-0.15, -0.1) is 11.3 Å². The lowest BCUT2D eigenvalue weighted by Gasteiger charge is -2.07. The van der Waals surface area contributed by atoms with E-state index in [1.54, 1.807) is 17.5 Å². The number of anilines is 2. The van der Waals surface area contributed by atoms with Crippen molar-refractivity contribution in [3.05, 3.63) is 64.7 Å². The Morgan fingerprint density at radius 2 is 1.77 bits per heavy atom. The second-order valence-corrected chi connectivity index (χ2v) is 9.39. The molecular weight excluding hydrogens is 422 g/mol. The Bertz CT molecular complexity index is 1120. The Hall–Kier alpha value is -2.91. The number of ether oxygens (including phenoxy) is 1. The van der Waals surface area contributed by atoms with Crippen molar-refractivity contribution in [2.75, 3.05) is 17.1 Å². The number of aromatic nitrogens is 1. The van der Waals surface area contributed by atoms with Crippen LogP contribution in [0.4, 0.5) is 10.8 Å². The predicted molar refractivity (Wildman–Crippen MR) is 119 cm³/mol. The molecular formula is C21H23N3O4S2. The fourth-order valence-electron chi connectivity index (χ4n) is 2.91. The van der Waals surface area contributed by atoms with E-state index in [2.05, 4.69) is 15.0 Å². The minimum atomic E-state index is -3.74. The molecule has 9 heteroatoms. The Labute approximate surface area is 180 Å². The molecule has 0 fully saturated rings. The summed E-state index contributed by atoms with van der Waals surface area (Å²) in [5.41, 5.74) is 3.59. The summed E-state index contributed by atoms with van der Waals surface area (Å²) in [7, 11) is -2.23. The average molecular weight is 446 g/mol. The molecule has 0 bridgehead atoms. The van der Waals surface area contributed by atoms with Crippen LogP contribution in [-0.4, -0.2) is 26.4 Å². The van der Waals surface area contributed by atoms with Crippen molar-refractivity contribution in [2.45, 2.75) is 31.6 Å². The number of hydrogen-bond donors (Lipinski definition) is 2. The van der Waals surface area contributed by atoms with Gasteiger partial charge in [-0.3, -0.25) is 9.52 Å². The zero-order valence-corrected chi connectivity index (χ0v) is 18.6. The molecule has 0 spiro atoms. The van der Waals surface area contributed by atoms with Gasteiger partial charge in [-0.05, 0) is 67.8 Å². The van der Waals surface area contributed by atoms with Crippen LogP contribution < -0.4 is 14.8 Å². The van der Waals surface area contributed by atoms with Gasteiger partial charge in [0.2, 0.25) is 5.91 Å². The fraction of sp³-hybridized carbons (Fsp3) is 0.238. The van der Waals surface area contributed by atoms with Crippen molar-refractivity contribution in [2.24, 2.45) is 0 Å². The minimum Gasteiger partial charge on any atom is -0.497 e. The summed E-state index contributed by atoms with van der Waals surface area (Å²) in [6.07, 6.45) is 0.665. The third kappa shape index (κ3) is 5.80. The molecule has 0 unspecified atom stereocenters. The van der Waals surface area contributed by atoms with E-state index in [1.807, 2.05) is 32.0 Å². The molecule has 30 heavy (non-hydrogen) atoms. The molecule has 1 aromatic heterocycles. The first kappa shape index (κ1) is 21.8. The van der Waals surface area contributed by atoms with Crippen molar-refractivity contribution >= 4 is 38.1 Å². The second-order valence-electron chi connectivity index (χ2n) is 6.85. The van der Waals surface area contributed by atoms with Crippen molar-refractivity contribution in [3.63, 3.8) is 0 Å². The van der Waals surface area contributed by atoms with Crippen LogP contribution in [0.5, 0.6) is 5.75 Å². The van der Waals surface area contributed by atoms with Gasteiger partial charge >= 0.3 is 0 Å². The number of nitrogens with one attached hydrogen (secondary N) is 2. The zero-order valence-electron chi connectivity index (χ0n) is 16.9. The molecule has 1 heterocycles. The van der Waals surface area contributed by atoms with E-state index < -0.39 is 10.0 Å². The zero-order chi connectivity index (χ0) is 21.7. The Kier molecular flexibility index (Phi) is 6.73. The summed E-state index contributed by atoms with van der Waals surface area (Å²) in [6, 6.07) is 12.0. The summed E-state index contributed by atoms with van der Waals surface area (Å²) in [4.78, 5) is 16.6. The molecule has 158 valence electrons. The lowest BCUT2D eigenvalue weighted by atomic mass is 10.1. The number of methoxy groups -OCH3 is 1. The third-order valence-electron chi connectivity index (χ3n) is 4.26. The van der Waals surface area contributed by atoms with Gasteiger partial charge in [0.15, 0.2) is 5.13 Å². The first-order valence-corrected chi connectivity index (χ1v) is 11.6. The lowest BCUT2D eigenvalue weighted by molar-refractivity contribution is -0.116. The Morgan fingerprint density at radius 3 is 2.40 bits per heavy atom. The summed E-state index contributed by atoms with van der Waals surface area (Å²) < 4.78 is 32.5. The minimum absolute atomic E-state index is 0.117. The number of aryl methyl sites for hydroxylation is 3. The number of benzene rings is 2. The summed E-state index contributed by atoms with van der Waals surface area (Å²) in [5, 5.41) is 4.89. The molecule has 0 radical (unpaired) electrons. The smallest absolute Gasteiger partial charge is 0.263 e. The quantitative estimate of drug-likeness (QED) is 0.543. The summed E-state index contributed by atoms with van der Waals surface area (Å²) >= 11 is 1.18. The predicted octanol–water partition coefficient (Wildman–Crippen LogP) is 4.14. The summed E-state index contributed by atoms with van der Waals surface area (Å²) in [5.74, 6) is 0.456. The number of nitrogens with zero attached hydrogens (tertiary/aromatic N) is 1. The first-order valence-electron chi connectivity index (χ1n) is 9.24. The molecule has 0 atom stereocenters. The van der Waals surface area contributed by atoms with E-state index in [4.69, 9.17) is 4.74 Å². The average Bonchev–Trinajstić information content (AvgIpc) is 3.12. The molecule has 0 aliphatic rings. The van der Waals surface area contributed by atoms with Crippen LogP contribution in [0, 0.1) is 13.8 Å². The highest BCUT2D eigenvalue weighted by Crippen LogP contribution is 2.22. The van der Waals surface area contributed by atoms with Crippen LogP contribution in [-0.2, 0) is 21.2 Å². The van der Waals surface area contributed by atoms with Gasteiger partial charge < -0.3 is 10.1 Å². The highest BCUT2D eigenvalue weighted by molar-refractivity contribution is 7.93. The Balaban J connectivity index is 1.57. The van der Waals surface area contributed by atoms with Gasteiger partial charge in [0, 0.05) is 17.5 Å². The van der Waals surface area contributed by atoms with Gasteiger partial charge in [0.25, 0.3) is 10.0 Å². The number of amides is 1. The molecule has 3 rings (SSSR count). The summed E-state index contributed by atoms with van der Waals surface area (Å²) in [6.45, 7) is 3.96. The van der Waals surface area contributed by atoms with E-state index in [1.165, 1.54) is 30.6 Å². The van der Waals surface area contributed by atoms with Crippen molar-refractivity contribution < 1.29 is 17.9 Å². The lowest BCUT2D eigenvalue weighted by Crippen LogP contribution is -2.13. The van der Waals surface area contributed by atoms with Crippen LogP contribution in [0.2, 0.25) is 0 Å². The van der Waals surface area contributed by atoms with Gasteiger partial charge in [0.05, 0.1) is 17.7 Å². The molecule has 3 aromatic rings. The molecule has 2 N–H and O–H groups in total. The van der Waals surface area contributed by atoms with Gasteiger partial charge in [-0.2, -0.15) is 0 Å². The highest BCUT2D eigenvalue weighted by Gasteiger charge is 2.16. The molecule has 2 aromatic carbocycles. The van der Waals surface area contributed by atoms with Gasteiger partial charge in [0.1, 0.15) is 5.75 Å². The number of sulfonamides is 1. The van der Waals surface area contributed by atoms with Crippen molar-refractivity contribution in [3.8, 4) is 5.75 Å². The van der Waals surface area contributed by atoms with Gasteiger partial charge in [-0.25, -0.2) is 13.4 Å². The maximum Gasteiger partial charge on any atom is 0.263 e.